The number of ether oxygens (including phenoxy) is 1. The van der Waals surface area contributed by atoms with Gasteiger partial charge in [0.1, 0.15) is 18.3 Å². The van der Waals surface area contributed by atoms with Crippen LogP contribution in [0.4, 0.5) is 5.69 Å². The predicted molar refractivity (Wildman–Crippen MR) is 144 cm³/mol. The van der Waals surface area contributed by atoms with Gasteiger partial charge in [-0.15, -0.1) is 0 Å². The number of carbonyl (C=O) groups excluding carboxylic acids is 3. The minimum absolute atomic E-state index is 0.162. The maximum absolute atomic E-state index is 13.0. The summed E-state index contributed by atoms with van der Waals surface area (Å²) in [5.74, 6) is -0.0960. The van der Waals surface area contributed by atoms with Gasteiger partial charge in [-0.3, -0.25) is 19.7 Å². The maximum atomic E-state index is 13.0. The summed E-state index contributed by atoms with van der Waals surface area (Å²) in [6.45, 7) is 7.18. The molecule has 2 aromatic rings. The number of benzene rings is 2. The number of amides is 3. The number of likely N-dealkylation sites (N-methyl/N-ethyl adjacent to an activating group) is 1. The van der Waals surface area contributed by atoms with Crippen molar-refractivity contribution in [2.45, 2.75) is 64.6 Å². The van der Waals surface area contributed by atoms with Gasteiger partial charge in [-0.2, -0.15) is 0 Å². The van der Waals surface area contributed by atoms with Crippen LogP contribution in [0.5, 0.6) is 5.75 Å². The highest BCUT2D eigenvalue weighted by Gasteiger charge is 2.39. The van der Waals surface area contributed by atoms with Crippen molar-refractivity contribution in [3.63, 3.8) is 0 Å². The van der Waals surface area contributed by atoms with E-state index in [1.54, 1.807) is 11.0 Å². The smallest absolute Gasteiger partial charge is 0.255 e. The standard InChI is InChI=1S/C30H34N4O4/c1-2-32-15-13-20-6-5-7-21(28(20)32)17-33-14-4-3-8-23(33)19-38-24-9-10-25-22(16-24)18-34(30(25)37)26-11-12-27(35)31-29(26)36/h5-7,9-10,16,26H,2-4,8,11-15,17-19H2,1H3/p+1. The van der Waals surface area contributed by atoms with Crippen LogP contribution in [-0.2, 0) is 29.1 Å². The van der Waals surface area contributed by atoms with E-state index in [0.29, 0.717) is 25.1 Å². The number of hydrogen-bond donors (Lipinski definition) is 1. The van der Waals surface area contributed by atoms with Crippen molar-refractivity contribution in [1.82, 2.24) is 10.2 Å². The van der Waals surface area contributed by atoms with Gasteiger partial charge in [-0.05, 0) is 55.5 Å². The van der Waals surface area contributed by atoms with Crippen molar-refractivity contribution in [3.8, 4) is 5.75 Å². The number of fused-ring (bicyclic) bond motifs is 2. The fraction of sp³-hybridized carbons (Fsp3) is 0.467. The molecule has 1 fully saturated rings. The van der Waals surface area contributed by atoms with Crippen LogP contribution in [0.25, 0.3) is 0 Å². The summed E-state index contributed by atoms with van der Waals surface area (Å²) in [6, 6.07) is 11.7. The van der Waals surface area contributed by atoms with E-state index in [4.69, 9.17) is 4.74 Å². The third-order valence-corrected chi connectivity index (χ3v) is 8.40. The molecular weight excluding hydrogens is 480 g/mol. The Morgan fingerprint density at radius 1 is 1.05 bits per heavy atom. The van der Waals surface area contributed by atoms with Gasteiger partial charge in [0.2, 0.25) is 11.8 Å². The third kappa shape index (κ3) is 4.57. The first-order valence-corrected chi connectivity index (χ1v) is 13.9. The van der Waals surface area contributed by atoms with Crippen LogP contribution in [0.1, 0.15) is 66.1 Å². The lowest BCUT2D eigenvalue weighted by Gasteiger charge is -2.29. The van der Waals surface area contributed by atoms with E-state index < -0.39 is 11.9 Å². The second kappa shape index (κ2) is 10.2. The minimum Gasteiger partial charge on any atom is -0.483 e. The number of piperidine rings is 1. The molecule has 0 aromatic heterocycles. The Bertz CT molecular complexity index is 1330. The summed E-state index contributed by atoms with van der Waals surface area (Å²) in [5, 5.41) is 2.36. The molecule has 1 saturated heterocycles. The number of nitrogens with zero attached hydrogens (tertiary/aromatic N) is 3. The second-order valence-corrected chi connectivity index (χ2v) is 10.7. The van der Waals surface area contributed by atoms with Crippen molar-refractivity contribution in [1.29, 1.82) is 0 Å². The minimum atomic E-state index is -0.605. The number of rotatable bonds is 7. The molecule has 1 atom stereocenters. The molecule has 4 aliphatic heterocycles. The first-order chi connectivity index (χ1) is 18.5. The molecule has 0 spiro atoms. The van der Waals surface area contributed by atoms with Gasteiger partial charge in [-0.25, -0.2) is 4.58 Å². The summed E-state index contributed by atoms with van der Waals surface area (Å²) < 4.78 is 8.77. The van der Waals surface area contributed by atoms with Gasteiger partial charge >= 0.3 is 0 Å². The Morgan fingerprint density at radius 3 is 2.79 bits per heavy atom. The van der Waals surface area contributed by atoms with Crippen molar-refractivity contribution >= 4 is 29.1 Å². The van der Waals surface area contributed by atoms with Crippen molar-refractivity contribution in [2.24, 2.45) is 0 Å². The van der Waals surface area contributed by atoms with E-state index in [9.17, 15) is 14.4 Å². The van der Waals surface area contributed by atoms with Gasteiger partial charge in [0.15, 0.2) is 18.9 Å². The molecule has 4 aliphatic rings. The molecule has 3 amide bonds. The van der Waals surface area contributed by atoms with Gasteiger partial charge in [0, 0.05) is 55.7 Å². The summed E-state index contributed by atoms with van der Waals surface area (Å²) in [5.41, 5.74) is 7.06. The van der Waals surface area contributed by atoms with Crippen LogP contribution in [0.15, 0.2) is 36.4 Å². The van der Waals surface area contributed by atoms with Crippen molar-refractivity contribution < 1.29 is 23.7 Å². The topological polar surface area (TPSA) is 82.0 Å². The molecule has 8 heteroatoms. The molecule has 1 unspecified atom stereocenters. The SMILES string of the molecule is CCN1CCc2cccc(C[N+]3=C(COc4ccc5c(c4)CN(C4CCC(=O)NC4=O)C5=O)CCCC3)c21. The average molecular weight is 516 g/mol. The molecule has 6 rings (SSSR count). The van der Waals surface area contributed by atoms with Crippen LogP contribution >= 0.6 is 0 Å². The highest BCUT2D eigenvalue weighted by atomic mass is 16.5. The fourth-order valence-electron chi connectivity index (χ4n) is 6.38. The lowest BCUT2D eigenvalue weighted by Crippen LogP contribution is -2.52. The molecule has 198 valence electrons. The summed E-state index contributed by atoms with van der Waals surface area (Å²) in [4.78, 5) is 40.9. The Balaban J connectivity index is 1.16. The maximum Gasteiger partial charge on any atom is 0.255 e. The molecular formula is C30H35N4O4+. The summed E-state index contributed by atoms with van der Waals surface area (Å²) in [6.07, 6.45) is 5.12. The van der Waals surface area contributed by atoms with E-state index >= 15 is 0 Å². The molecule has 0 radical (unpaired) electrons. The predicted octanol–water partition coefficient (Wildman–Crippen LogP) is 3.05. The van der Waals surface area contributed by atoms with Gasteiger partial charge < -0.3 is 14.5 Å². The number of imide groups is 1. The average Bonchev–Trinajstić information content (AvgIpc) is 3.49. The first kappa shape index (κ1) is 24.6. The largest absolute Gasteiger partial charge is 0.483 e. The molecule has 4 heterocycles. The van der Waals surface area contributed by atoms with E-state index in [1.807, 2.05) is 12.1 Å². The molecule has 1 N–H and O–H groups in total. The molecule has 0 aliphatic carbocycles. The van der Waals surface area contributed by atoms with Crippen LogP contribution in [0.3, 0.4) is 0 Å². The van der Waals surface area contributed by atoms with Crippen LogP contribution in [0, 0.1) is 0 Å². The Hall–Kier alpha value is -3.68. The molecule has 0 saturated carbocycles. The number of para-hydroxylation sites is 1. The zero-order valence-corrected chi connectivity index (χ0v) is 22.0. The zero-order valence-electron chi connectivity index (χ0n) is 22.0. The lowest BCUT2D eigenvalue weighted by atomic mass is 10.0. The summed E-state index contributed by atoms with van der Waals surface area (Å²) in [7, 11) is 0. The van der Waals surface area contributed by atoms with Crippen LogP contribution < -0.4 is 15.0 Å². The number of anilines is 1. The zero-order chi connectivity index (χ0) is 26.2. The third-order valence-electron chi connectivity index (χ3n) is 8.40. The molecule has 2 aromatic carbocycles. The molecule has 38 heavy (non-hydrogen) atoms. The van der Waals surface area contributed by atoms with Crippen LogP contribution in [0.2, 0.25) is 0 Å². The van der Waals surface area contributed by atoms with E-state index in [0.717, 1.165) is 50.3 Å². The number of carbonyl (C=O) groups is 3. The van der Waals surface area contributed by atoms with E-state index in [-0.39, 0.29) is 18.2 Å². The molecule has 8 nitrogen and oxygen atoms in total. The first-order valence-electron chi connectivity index (χ1n) is 13.9. The van der Waals surface area contributed by atoms with Gasteiger partial charge in [-0.1, -0.05) is 18.2 Å². The highest BCUT2D eigenvalue weighted by Crippen LogP contribution is 2.33. The van der Waals surface area contributed by atoms with Crippen molar-refractivity contribution in [3.05, 3.63) is 58.7 Å². The fourth-order valence-corrected chi connectivity index (χ4v) is 6.38. The Labute approximate surface area is 223 Å². The Kier molecular flexibility index (Phi) is 6.64. The normalized spacial score (nSPS) is 21.1. The van der Waals surface area contributed by atoms with Gasteiger partial charge in [0.25, 0.3) is 5.91 Å². The number of hydrogen-bond acceptors (Lipinski definition) is 5. The van der Waals surface area contributed by atoms with Crippen molar-refractivity contribution in [2.75, 3.05) is 31.1 Å². The Morgan fingerprint density at radius 2 is 1.95 bits per heavy atom. The molecule has 0 bridgehead atoms. The van der Waals surface area contributed by atoms with Gasteiger partial charge in [0.05, 0.1) is 0 Å². The second-order valence-electron chi connectivity index (χ2n) is 10.7. The highest BCUT2D eigenvalue weighted by molar-refractivity contribution is 6.05. The lowest BCUT2D eigenvalue weighted by molar-refractivity contribution is -0.550. The quantitative estimate of drug-likeness (QED) is 0.453. The van der Waals surface area contributed by atoms with E-state index in [2.05, 4.69) is 39.9 Å². The summed E-state index contributed by atoms with van der Waals surface area (Å²) >= 11 is 0. The van der Waals surface area contributed by atoms with Crippen LogP contribution in [-0.4, -0.2) is 65.2 Å². The number of nitrogens with one attached hydrogen (secondary N) is 1. The van der Waals surface area contributed by atoms with E-state index in [1.165, 1.54) is 35.4 Å². The monoisotopic (exact) mass is 515 g/mol.